The van der Waals surface area contributed by atoms with Gasteiger partial charge in [0.15, 0.2) is 5.11 Å². The van der Waals surface area contributed by atoms with Gasteiger partial charge in [0.25, 0.3) is 0 Å². The van der Waals surface area contributed by atoms with Crippen molar-refractivity contribution in [1.29, 1.82) is 0 Å². The second-order valence-electron chi connectivity index (χ2n) is 2.21. The van der Waals surface area contributed by atoms with E-state index in [0.29, 0.717) is 18.3 Å². The van der Waals surface area contributed by atoms with Crippen LogP contribution in [0.2, 0.25) is 0 Å². The summed E-state index contributed by atoms with van der Waals surface area (Å²) in [6.45, 7) is 5.31. The van der Waals surface area contributed by atoms with Crippen LogP contribution in [0.3, 0.4) is 0 Å². The van der Waals surface area contributed by atoms with E-state index in [1.807, 2.05) is 13.8 Å². The molecule has 0 aliphatic rings. The van der Waals surface area contributed by atoms with Crippen LogP contribution in [-0.2, 0) is 4.74 Å². The molecular weight excluding hydrogens is 148 g/mol. The SMILES string of the molecule is CC(C)OCCNC(N)=S. The van der Waals surface area contributed by atoms with Gasteiger partial charge in [-0.05, 0) is 26.1 Å². The molecule has 0 amide bonds. The lowest BCUT2D eigenvalue weighted by molar-refractivity contribution is 0.0831. The Kier molecular flexibility index (Phi) is 5.25. The molecule has 4 heteroatoms. The van der Waals surface area contributed by atoms with Crippen molar-refractivity contribution in [3.05, 3.63) is 0 Å². The third-order valence-corrected chi connectivity index (χ3v) is 0.997. The maximum atomic E-state index is 5.21. The normalized spacial score (nSPS) is 9.90. The van der Waals surface area contributed by atoms with E-state index in [2.05, 4.69) is 17.5 Å². The highest BCUT2D eigenvalue weighted by molar-refractivity contribution is 7.80. The Labute approximate surface area is 66.9 Å². The van der Waals surface area contributed by atoms with Gasteiger partial charge in [0, 0.05) is 6.54 Å². The Morgan fingerprint density at radius 2 is 2.30 bits per heavy atom. The minimum Gasteiger partial charge on any atom is -0.377 e. The molecule has 0 aromatic heterocycles. The van der Waals surface area contributed by atoms with Crippen molar-refractivity contribution in [2.75, 3.05) is 13.2 Å². The highest BCUT2D eigenvalue weighted by Gasteiger charge is 1.91. The molecule has 0 aliphatic carbocycles. The van der Waals surface area contributed by atoms with Crippen molar-refractivity contribution < 1.29 is 4.74 Å². The second-order valence-corrected chi connectivity index (χ2v) is 2.65. The monoisotopic (exact) mass is 162 g/mol. The summed E-state index contributed by atoms with van der Waals surface area (Å²) in [4.78, 5) is 0. The fourth-order valence-electron chi connectivity index (χ4n) is 0.469. The fraction of sp³-hybridized carbons (Fsp3) is 0.833. The van der Waals surface area contributed by atoms with Crippen LogP contribution in [0, 0.1) is 0 Å². The summed E-state index contributed by atoms with van der Waals surface area (Å²) < 4.78 is 5.21. The Hall–Kier alpha value is -0.350. The first kappa shape index (κ1) is 9.65. The number of nitrogens with two attached hydrogens (primary N) is 1. The van der Waals surface area contributed by atoms with Gasteiger partial charge in [-0.2, -0.15) is 0 Å². The van der Waals surface area contributed by atoms with Crippen LogP contribution in [0.5, 0.6) is 0 Å². The summed E-state index contributed by atoms with van der Waals surface area (Å²) in [6.07, 6.45) is 0.271. The van der Waals surface area contributed by atoms with Crippen molar-refractivity contribution in [2.24, 2.45) is 5.73 Å². The van der Waals surface area contributed by atoms with E-state index >= 15 is 0 Å². The van der Waals surface area contributed by atoms with Crippen molar-refractivity contribution >= 4 is 17.3 Å². The van der Waals surface area contributed by atoms with Gasteiger partial charge in [0.1, 0.15) is 0 Å². The highest BCUT2D eigenvalue weighted by Crippen LogP contribution is 1.84. The van der Waals surface area contributed by atoms with Crippen molar-refractivity contribution in [1.82, 2.24) is 5.32 Å². The number of ether oxygens (including phenoxy) is 1. The molecule has 3 nitrogen and oxygen atoms in total. The van der Waals surface area contributed by atoms with Gasteiger partial charge in [0.2, 0.25) is 0 Å². The van der Waals surface area contributed by atoms with Crippen LogP contribution < -0.4 is 11.1 Å². The summed E-state index contributed by atoms with van der Waals surface area (Å²) in [7, 11) is 0. The number of rotatable bonds is 4. The number of hydrogen-bond donors (Lipinski definition) is 2. The molecule has 0 rings (SSSR count). The zero-order valence-electron chi connectivity index (χ0n) is 6.39. The lowest BCUT2D eigenvalue weighted by atomic mass is 10.5. The van der Waals surface area contributed by atoms with Crippen LogP contribution in [0.4, 0.5) is 0 Å². The highest BCUT2D eigenvalue weighted by atomic mass is 32.1. The first-order valence-electron chi connectivity index (χ1n) is 3.28. The molecule has 10 heavy (non-hydrogen) atoms. The first-order chi connectivity index (χ1) is 4.63. The molecule has 0 fully saturated rings. The third-order valence-electron chi connectivity index (χ3n) is 0.852. The molecule has 0 aromatic rings. The van der Waals surface area contributed by atoms with Gasteiger partial charge in [0.05, 0.1) is 12.7 Å². The molecule has 3 N–H and O–H groups in total. The van der Waals surface area contributed by atoms with E-state index in [1.54, 1.807) is 0 Å². The van der Waals surface area contributed by atoms with E-state index in [1.165, 1.54) is 0 Å². The van der Waals surface area contributed by atoms with Gasteiger partial charge in [-0.25, -0.2) is 0 Å². The molecule has 0 unspecified atom stereocenters. The third kappa shape index (κ3) is 7.65. The Morgan fingerprint density at radius 3 is 2.70 bits per heavy atom. The fourth-order valence-corrected chi connectivity index (χ4v) is 0.571. The smallest absolute Gasteiger partial charge is 0.163 e. The van der Waals surface area contributed by atoms with Crippen LogP contribution in [0.1, 0.15) is 13.8 Å². The predicted octanol–water partition coefficient (Wildman–Crippen LogP) is 0.245. The molecule has 0 saturated carbocycles. The summed E-state index contributed by atoms with van der Waals surface area (Å²) >= 11 is 4.59. The van der Waals surface area contributed by atoms with Crippen molar-refractivity contribution in [2.45, 2.75) is 20.0 Å². The van der Waals surface area contributed by atoms with Crippen LogP contribution in [0.25, 0.3) is 0 Å². The van der Waals surface area contributed by atoms with Crippen LogP contribution in [0.15, 0.2) is 0 Å². The molecule has 0 atom stereocenters. The average molecular weight is 162 g/mol. The lowest BCUT2D eigenvalue weighted by Gasteiger charge is -2.07. The Morgan fingerprint density at radius 1 is 1.70 bits per heavy atom. The van der Waals surface area contributed by atoms with E-state index in [9.17, 15) is 0 Å². The molecule has 0 radical (unpaired) electrons. The number of hydrogen-bond acceptors (Lipinski definition) is 2. The van der Waals surface area contributed by atoms with Crippen molar-refractivity contribution in [3.63, 3.8) is 0 Å². The zero-order chi connectivity index (χ0) is 7.98. The number of nitrogens with one attached hydrogen (secondary N) is 1. The lowest BCUT2D eigenvalue weighted by Crippen LogP contribution is -2.32. The summed E-state index contributed by atoms with van der Waals surface area (Å²) in [5, 5.41) is 3.11. The standard InChI is InChI=1S/C6H14N2OS/c1-5(2)9-4-3-8-6(7)10/h5H,3-4H2,1-2H3,(H3,7,8,10). The molecule has 0 bridgehead atoms. The van der Waals surface area contributed by atoms with E-state index in [0.717, 1.165) is 0 Å². The summed E-state index contributed by atoms with van der Waals surface area (Å²) in [6, 6.07) is 0. The Balaban J connectivity index is 2.98. The van der Waals surface area contributed by atoms with Gasteiger partial charge < -0.3 is 15.8 Å². The Bertz CT molecular complexity index is 106. The predicted molar refractivity (Wildman–Crippen MR) is 45.9 cm³/mol. The van der Waals surface area contributed by atoms with E-state index < -0.39 is 0 Å². The molecule has 0 heterocycles. The maximum Gasteiger partial charge on any atom is 0.163 e. The average Bonchev–Trinajstić information content (AvgIpc) is 1.79. The van der Waals surface area contributed by atoms with Crippen LogP contribution >= 0.6 is 12.2 Å². The van der Waals surface area contributed by atoms with Gasteiger partial charge >= 0.3 is 0 Å². The minimum atomic E-state index is 0.271. The molecule has 0 aliphatic heterocycles. The molecule has 0 saturated heterocycles. The topological polar surface area (TPSA) is 47.3 Å². The van der Waals surface area contributed by atoms with E-state index in [4.69, 9.17) is 10.5 Å². The van der Waals surface area contributed by atoms with Crippen molar-refractivity contribution in [3.8, 4) is 0 Å². The molecular formula is C6H14N2OS. The van der Waals surface area contributed by atoms with Gasteiger partial charge in [-0.1, -0.05) is 0 Å². The van der Waals surface area contributed by atoms with Crippen LogP contribution in [-0.4, -0.2) is 24.4 Å². The summed E-state index contributed by atoms with van der Waals surface area (Å²) in [5.41, 5.74) is 5.17. The molecule has 0 spiro atoms. The molecule has 60 valence electrons. The first-order valence-corrected chi connectivity index (χ1v) is 3.68. The quantitative estimate of drug-likeness (QED) is 0.459. The number of thiocarbonyl (C=S) groups is 1. The molecule has 0 aromatic carbocycles. The summed E-state index contributed by atoms with van der Waals surface area (Å²) in [5.74, 6) is 0. The second kappa shape index (κ2) is 5.44. The van der Waals surface area contributed by atoms with E-state index in [-0.39, 0.29) is 6.10 Å². The minimum absolute atomic E-state index is 0.271. The largest absolute Gasteiger partial charge is 0.377 e. The maximum absolute atomic E-state index is 5.21. The van der Waals surface area contributed by atoms with Gasteiger partial charge in [-0.3, -0.25) is 0 Å². The zero-order valence-corrected chi connectivity index (χ0v) is 7.20. The van der Waals surface area contributed by atoms with Gasteiger partial charge in [-0.15, -0.1) is 0 Å².